The first kappa shape index (κ1) is 12.6. The summed E-state index contributed by atoms with van der Waals surface area (Å²) < 4.78 is 2.02. The second-order valence-electron chi connectivity index (χ2n) is 5.48. The summed E-state index contributed by atoms with van der Waals surface area (Å²) in [6, 6.07) is 2.81. The molecule has 0 aromatic carbocycles. The van der Waals surface area contributed by atoms with Crippen LogP contribution >= 0.6 is 0 Å². The van der Waals surface area contributed by atoms with Gasteiger partial charge in [-0.15, -0.1) is 0 Å². The standard InChI is InChI=1S/C14H25N3/c1-11-8-14(17(3)16-11)10-13(15-2)9-12-6-4-5-7-12/h8,12-13,15H,4-7,9-10H2,1-3H3. The summed E-state index contributed by atoms with van der Waals surface area (Å²) in [6.45, 7) is 2.06. The Kier molecular flexibility index (Phi) is 4.21. The molecule has 1 aliphatic carbocycles. The van der Waals surface area contributed by atoms with Gasteiger partial charge >= 0.3 is 0 Å². The maximum atomic E-state index is 4.42. The average molecular weight is 235 g/mol. The highest BCUT2D eigenvalue weighted by atomic mass is 15.3. The molecule has 1 aliphatic rings. The first-order chi connectivity index (χ1) is 8.19. The number of aromatic nitrogens is 2. The Morgan fingerprint density at radius 1 is 1.47 bits per heavy atom. The van der Waals surface area contributed by atoms with Crippen molar-refractivity contribution >= 4 is 0 Å². The van der Waals surface area contributed by atoms with Crippen LogP contribution in [0.4, 0.5) is 0 Å². The molecule has 0 aliphatic heterocycles. The van der Waals surface area contributed by atoms with E-state index in [4.69, 9.17) is 0 Å². The predicted octanol–water partition coefficient (Wildman–Crippen LogP) is 2.44. The van der Waals surface area contributed by atoms with Gasteiger partial charge in [0.15, 0.2) is 0 Å². The number of hydrogen-bond donors (Lipinski definition) is 1. The molecule has 3 heteroatoms. The molecule has 1 saturated carbocycles. The Labute approximate surface area is 105 Å². The van der Waals surface area contributed by atoms with E-state index in [1.807, 2.05) is 11.7 Å². The van der Waals surface area contributed by atoms with Crippen LogP contribution in [0.2, 0.25) is 0 Å². The van der Waals surface area contributed by atoms with Gasteiger partial charge in [0.2, 0.25) is 0 Å². The van der Waals surface area contributed by atoms with Gasteiger partial charge in [-0.3, -0.25) is 4.68 Å². The third-order valence-electron chi connectivity index (χ3n) is 4.06. The second kappa shape index (κ2) is 5.67. The van der Waals surface area contributed by atoms with Crippen molar-refractivity contribution in [3.8, 4) is 0 Å². The monoisotopic (exact) mass is 235 g/mol. The molecule has 0 spiro atoms. The minimum atomic E-state index is 0.605. The van der Waals surface area contributed by atoms with E-state index in [0.717, 1.165) is 18.0 Å². The number of nitrogens with zero attached hydrogens (tertiary/aromatic N) is 2. The summed E-state index contributed by atoms with van der Waals surface area (Å²) in [5.41, 5.74) is 2.47. The molecule has 3 nitrogen and oxygen atoms in total. The van der Waals surface area contributed by atoms with Crippen molar-refractivity contribution in [3.05, 3.63) is 17.5 Å². The van der Waals surface area contributed by atoms with Gasteiger partial charge in [-0.05, 0) is 32.4 Å². The van der Waals surface area contributed by atoms with Crippen molar-refractivity contribution in [2.45, 2.75) is 51.5 Å². The normalized spacial score (nSPS) is 18.8. The summed E-state index contributed by atoms with van der Waals surface area (Å²) in [6.07, 6.45) is 8.16. The van der Waals surface area contributed by atoms with Crippen LogP contribution in [0, 0.1) is 12.8 Å². The zero-order valence-corrected chi connectivity index (χ0v) is 11.4. The fraction of sp³-hybridized carbons (Fsp3) is 0.786. The van der Waals surface area contributed by atoms with Crippen molar-refractivity contribution in [1.29, 1.82) is 0 Å². The van der Waals surface area contributed by atoms with Gasteiger partial charge in [-0.2, -0.15) is 5.10 Å². The van der Waals surface area contributed by atoms with Crippen LogP contribution in [0.1, 0.15) is 43.5 Å². The lowest BCUT2D eigenvalue weighted by Crippen LogP contribution is -2.30. The smallest absolute Gasteiger partial charge is 0.0596 e. The maximum absolute atomic E-state index is 4.42. The van der Waals surface area contributed by atoms with Gasteiger partial charge in [0, 0.05) is 25.2 Å². The van der Waals surface area contributed by atoms with Crippen LogP contribution in [0.25, 0.3) is 0 Å². The number of nitrogens with one attached hydrogen (secondary N) is 1. The third kappa shape index (κ3) is 3.32. The number of aryl methyl sites for hydroxylation is 2. The van der Waals surface area contributed by atoms with E-state index in [9.17, 15) is 0 Å². The van der Waals surface area contributed by atoms with Gasteiger partial charge in [0.05, 0.1) is 5.69 Å². The molecular formula is C14H25N3. The lowest BCUT2D eigenvalue weighted by atomic mass is 9.95. The van der Waals surface area contributed by atoms with Crippen LogP contribution in [-0.4, -0.2) is 22.9 Å². The minimum absolute atomic E-state index is 0.605. The quantitative estimate of drug-likeness (QED) is 0.849. The zero-order valence-electron chi connectivity index (χ0n) is 11.4. The van der Waals surface area contributed by atoms with Crippen LogP contribution in [0.15, 0.2) is 6.07 Å². The number of likely N-dealkylation sites (N-methyl/N-ethyl adjacent to an activating group) is 1. The summed E-state index contributed by atoms with van der Waals surface area (Å²) in [4.78, 5) is 0. The second-order valence-corrected chi connectivity index (χ2v) is 5.48. The van der Waals surface area contributed by atoms with E-state index >= 15 is 0 Å². The summed E-state index contributed by atoms with van der Waals surface area (Å²) in [5.74, 6) is 0.946. The lowest BCUT2D eigenvalue weighted by molar-refractivity contribution is 0.397. The van der Waals surface area contributed by atoms with E-state index in [1.54, 1.807) is 0 Å². The molecule has 96 valence electrons. The molecule has 1 aromatic heterocycles. The predicted molar refractivity (Wildman–Crippen MR) is 71.1 cm³/mol. The molecule has 1 unspecified atom stereocenters. The van der Waals surface area contributed by atoms with Crippen molar-refractivity contribution < 1.29 is 0 Å². The molecule has 1 fully saturated rings. The highest BCUT2D eigenvalue weighted by Crippen LogP contribution is 2.29. The number of rotatable bonds is 5. The average Bonchev–Trinajstić information content (AvgIpc) is 2.88. The molecule has 1 heterocycles. The van der Waals surface area contributed by atoms with Gasteiger partial charge in [0.25, 0.3) is 0 Å². The molecule has 1 aromatic rings. The van der Waals surface area contributed by atoms with Crippen molar-refractivity contribution in [1.82, 2.24) is 15.1 Å². The highest BCUT2D eigenvalue weighted by molar-refractivity contribution is 5.10. The van der Waals surface area contributed by atoms with Crippen molar-refractivity contribution in [2.75, 3.05) is 7.05 Å². The zero-order chi connectivity index (χ0) is 12.3. The van der Waals surface area contributed by atoms with E-state index in [2.05, 4.69) is 30.5 Å². The molecular weight excluding hydrogens is 210 g/mol. The van der Waals surface area contributed by atoms with Gasteiger partial charge in [-0.25, -0.2) is 0 Å². The first-order valence-corrected chi connectivity index (χ1v) is 6.86. The molecule has 1 N–H and O–H groups in total. The van der Waals surface area contributed by atoms with Crippen molar-refractivity contribution in [3.63, 3.8) is 0 Å². The maximum Gasteiger partial charge on any atom is 0.0596 e. The Morgan fingerprint density at radius 2 is 2.18 bits per heavy atom. The van der Waals surface area contributed by atoms with Gasteiger partial charge < -0.3 is 5.32 Å². The van der Waals surface area contributed by atoms with E-state index < -0.39 is 0 Å². The number of hydrogen-bond acceptors (Lipinski definition) is 2. The summed E-state index contributed by atoms with van der Waals surface area (Å²) in [5, 5.41) is 7.89. The van der Waals surface area contributed by atoms with Crippen molar-refractivity contribution in [2.24, 2.45) is 13.0 Å². The summed E-state index contributed by atoms with van der Waals surface area (Å²) in [7, 11) is 4.13. The topological polar surface area (TPSA) is 29.9 Å². The Hall–Kier alpha value is -0.830. The fourth-order valence-corrected chi connectivity index (χ4v) is 3.06. The lowest BCUT2D eigenvalue weighted by Gasteiger charge is -2.20. The Balaban J connectivity index is 1.92. The molecule has 0 radical (unpaired) electrons. The molecule has 17 heavy (non-hydrogen) atoms. The highest BCUT2D eigenvalue weighted by Gasteiger charge is 2.20. The van der Waals surface area contributed by atoms with E-state index in [-0.39, 0.29) is 0 Å². The Morgan fingerprint density at radius 3 is 2.71 bits per heavy atom. The van der Waals surface area contributed by atoms with Crippen LogP contribution < -0.4 is 5.32 Å². The third-order valence-corrected chi connectivity index (χ3v) is 4.06. The van der Waals surface area contributed by atoms with Gasteiger partial charge in [-0.1, -0.05) is 25.7 Å². The minimum Gasteiger partial charge on any atom is -0.317 e. The first-order valence-electron chi connectivity index (χ1n) is 6.86. The van der Waals surface area contributed by atoms with E-state index in [1.165, 1.54) is 37.8 Å². The molecule has 2 rings (SSSR count). The Bertz CT molecular complexity index is 350. The van der Waals surface area contributed by atoms with Gasteiger partial charge in [0.1, 0.15) is 0 Å². The van der Waals surface area contributed by atoms with E-state index in [0.29, 0.717) is 6.04 Å². The summed E-state index contributed by atoms with van der Waals surface area (Å²) >= 11 is 0. The van der Waals surface area contributed by atoms with Crippen LogP contribution in [-0.2, 0) is 13.5 Å². The molecule has 0 saturated heterocycles. The SMILES string of the molecule is CNC(Cc1cc(C)nn1C)CC1CCCC1. The molecule has 0 amide bonds. The molecule has 0 bridgehead atoms. The fourth-order valence-electron chi connectivity index (χ4n) is 3.06. The van der Waals surface area contributed by atoms with Crippen LogP contribution in [0.5, 0.6) is 0 Å². The molecule has 1 atom stereocenters. The van der Waals surface area contributed by atoms with Crippen LogP contribution in [0.3, 0.4) is 0 Å². The largest absolute Gasteiger partial charge is 0.317 e.